The van der Waals surface area contributed by atoms with Gasteiger partial charge < -0.3 is 10.6 Å². The third-order valence-corrected chi connectivity index (χ3v) is 5.70. The topological polar surface area (TPSA) is 115 Å². The van der Waals surface area contributed by atoms with Crippen molar-refractivity contribution in [1.82, 2.24) is 20.0 Å². The standard InChI is InChI=1S/C20H23FN6O3/c1-12-14(10-23-11-15(12)21)17-5-9-30-27(17)19(29)13-3-7-26(8-4-13)20-24-6-2-16(25-20)18(22)28/h2,6,10-11,13,17H,3-5,7-9H2,1H3,(H2,22,28). The summed E-state index contributed by atoms with van der Waals surface area (Å²) in [6, 6.07) is 1.13. The Morgan fingerprint density at radius 2 is 2.00 bits per heavy atom. The maximum absolute atomic E-state index is 13.9. The number of nitrogens with zero attached hydrogens (tertiary/aromatic N) is 5. The van der Waals surface area contributed by atoms with Crippen LogP contribution in [-0.2, 0) is 9.63 Å². The Kier molecular flexibility index (Phi) is 5.58. The number of hydrogen-bond donors (Lipinski definition) is 1. The molecule has 2 aliphatic heterocycles. The third kappa shape index (κ3) is 3.82. The van der Waals surface area contributed by atoms with E-state index in [-0.39, 0.29) is 23.6 Å². The number of amides is 2. The highest BCUT2D eigenvalue weighted by atomic mass is 19.1. The molecule has 1 unspecified atom stereocenters. The van der Waals surface area contributed by atoms with E-state index >= 15 is 0 Å². The monoisotopic (exact) mass is 414 g/mol. The van der Waals surface area contributed by atoms with Crippen molar-refractivity contribution in [3.63, 3.8) is 0 Å². The molecule has 2 saturated heterocycles. The predicted molar refractivity (Wildman–Crippen MR) is 105 cm³/mol. The third-order valence-electron chi connectivity index (χ3n) is 5.70. The largest absolute Gasteiger partial charge is 0.364 e. The first-order valence-electron chi connectivity index (χ1n) is 9.89. The van der Waals surface area contributed by atoms with Crippen molar-refractivity contribution in [1.29, 1.82) is 0 Å². The molecule has 2 aliphatic rings. The zero-order valence-corrected chi connectivity index (χ0v) is 16.6. The smallest absolute Gasteiger partial charge is 0.267 e. The van der Waals surface area contributed by atoms with Gasteiger partial charge in [0.25, 0.3) is 5.91 Å². The van der Waals surface area contributed by atoms with E-state index in [1.807, 2.05) is 4.90 Å². The summed E-state index contributed by atoms with van der Waals surface area (Å²) in [5.41, 5.74) is 6.60. The molecular formula is C20H23FN6O3. The molecule has 0 aliphatic carbocycles. The number of nitrogens with two attached hydrogens (primary N) is 1. The molecule has 2 aromatic rings. The van der Waals surface area contributed by atoms with Crippen LogP contribution in [0, 0.1) is 18.7 Å². The van der Waals surface area contributed by atoms with Gasteiger partial charge in [-0.2, -0.15) is 0 Å². The van der Waals surface area contributed by atoms with Crippen LogP contribution in [0.4, 0.5) is 10.3 Å². The van der Waals surface area contributed by atoms with Crippen molar-refractivity contribution >= 4 is 17.8 Å². The summed E-state index contributed by atoms with van der Waals surface area (Å²) in [7, 11) is 0. The van der Waals surface area contributed by atoms with E-state index in [2.05, 4.69) is 15.0 Å². The minimum Gasteiger partial charge on any atom is -0.364 e. The first-order valence-corrected chi connectivity index (χ1v) is 9.89. The summed E-state index contributed by atoms with van der Waals surface area (Å²) in [6.07, 6.45) is 6.06. The lowest BCUT2D eigenvalue weighted by atomic mass is 9.94. The second-order valence-corrected chi connectivity index (χ2v) is 7.50. The van der Waals surface area contributed by atoms with Crippen molar-refractivity contribution in [3.05, 3.63) is 47.3 Å². The van der Waals surface area contributed by atoms with Crippen molar-refractivity contribution in [2.45, 2.75) is 32.2 Å². The number of halogens is 1. The summed E-state index contributed by atoms with van der Waals surface area (Å²) < 4.78 is 13.9. The quantitative estimate of drug-likeness (QED) is 0.807. The minimum atomic E-state index is -0.608. The van der Waals surface area contributed by atoms with Gasteiger partial charge in [0.1, 0.15) is 11.5 Å². The van der Waals surface area contributed by atoms with Gasteiger partial charge in [-0.25, -0.2) is 19.4 Å². The maximum atomic E-state index is 13.9. The van der Waals surface area contributed by atoms with Crippen LogP contribution < -0.4 is 10.6 Å². The predicted octanol–water partition coefficient (Wildman–Crippen LogP) is 1.54. The van der Waals surface area contributed by atoms with Gasteiger partial charge in [-0.1, -0.05) is 0 Å². The maximum Gasteiger partial charge on any atom is 0.267 e. The highest BCUT2D eigenvalue weighted by Gasteiger charge is 2.38. The van der Waals surface area contributed by atoms with Crippen LogP contribution >= 0.6 is 0 Å². The Labute approximate surface area is 173 Å². The lowest BCUT2D eigenvalue weighted by molar-refractivity contribution is -0.182. The van der Waals surface area contributed by atoms with Gasteiger partial charge in [0.2, 0.25) is 11.9 Å². The number of hydroxylamine groups is 2. The lowest BCUT2D eigenvalue weighted by Gasteiger charge is -2.34. The van der Waals surface area contributed by atoms with E-state index in [0.717, 1.165) is 0 Å². The highest BCUT2D eigenvalue weighted by Crippen LogP contribution is 2.35. The fourth-order valence-electron chi connectivity index (χ4n) is 3.96. The zero-order valence-electron chi connectivity index (χ0n) is 16.6. The molecule has 0 aromatic carbocycles. The van der Waals surface area contributed by atoms with Gasteiger partial charge in [-0.3, -0.25) is 19.4 Å². The molecule has 4 heterocycles. The Balaban J connectivity index is 1.43. The van der Waals surface area contributed by atoms with Gasteiger partial charge in [-0.15, -0.1) is 0 Å². The van der Waals surface area contributed by atoms with Crippen molar-refractivity contribution in [3.8, 4) is 0 Å². The molecule has 2 amide bonds. The number of aromatic nitrogens is 3. The van der Waals surface area contributed by atoms with E-state index in [4.69, 9.17) is 10.6 Å². The van der Waals surface area contributed by atoms with Crippen LogP contribution in [0.1, 0.15) is 46.9 Å². The SMILES string of the molecule is Cc1c(F)cncc1C1CCON1C(=O)C1CCN(c2nccc(C(N)=O)n2)CC1. The molecule has 0 bridgehead atoms. The van der Waals surface area contributed by atoms with E-state index in [0.29, 0.717) is 56.0 Å². The molecular weight excluding hydrogens is 391 g/mol. The van der Waals surface area contributed by atoms with Gasteiger partial charge >= 0.3 is 0 Å². The summed E-state index contributed by atoms with van der Waals surface area (Å²) in [4.78, 5) is 44.4. The van der Waals surface area contributed by atoms with Crippen LogP contribution in [0.5, 0.6) is 0 Å². The molecule has 158 valence electrons. The molecule has 4 rings (SSSR count). The van der Waals surface area contributed by atoms with E-state index < -0.39 is 11.7 Å². The minimum absolute atomic E-state index is 0.104. The Morgan fingerprint density at radius 1 is 1.23 bits per heavy atom. The average Bonchev–Trinajstić information content (AvgIpc) is 3.25. The Bertz CT molecular complexity index is 963. The molecule has 0 saturated carbocycles. The van der Waals surface area contributed by atoms with Crippen LogP contribution in [0.15, 0.2) is 24.7 Å². The van der Waals surface area contributed by atoms with Gasteiger partial charge in [0.15, 0.2) is 0 Å². The number of piperidine rings is 1. The fourth-order valence-corrected chi connectivity index (χ4v) is 3.96. The van der Waals surface area contributed by atoms with Crippen LogP contribution in [0.25, 0.3) is 0 Å². The van der Waals surface area contributed by atoms with Crippen molar-refractivity contribution in [2.24, 2.45) is 11.7 Å². The van der Waals surface area contributed by atoms with Crippen LogP contribution in [0.3, 0.4) is 0 Å². The number of anilines is 1. The van der Waals surface area contributed by atoms with E-state index in [1.54, 1.807) is 13.1 Å². The average molecular weight is 414 g/mol. The molecule has 9 nitrogen and oxygen atoms in total. The second-order valence-electron chi connectivity index (χ2n) is 7.50. The lowest BCUT2D eigenvalue weighted by Crippen LogP contribution is -2.42. The molecule has 30 heavy (non-hydrogen) atoms. The van der Waals surface area contributed by atoms with Crippen molar-refractivity contribution < 1.29 is 18.8 Å². The van der Waals surface area contributed by atoms with Gasteiger partial charge in [0.05, 0.1) is 18.8 Å². The number of carbonyl (C=O) groups excluding carboxylic acids is 2. The van der Waals surface area contributed by atoms with Crippen LogP contribution in [-0.4, -0.2) is 51.5 Å². The summed E-state index contributed by atoms with van der Waals surface area (Å²) in [5, 5.41) is 1.40. The van der Waals surface area contributed by atoms with Crippen LogP contribution in [0.2, 0.25) is 0 Å². The Morgan fingerprint density at radius 3 is 2.73 bits per heavy atom. The van der Waals surface area contributed by atoms with Gasteiger partial charge in [-0.05, 0) is 31.4 Å². The summed E-state index contributed by atoms with van der Waals surface area (Å²) in [5.74, 6) is -0.897. The van der Waals surface area contributed by atoms with Gasteiger partial charge in [0, 0.05) is 43.4 Å². The first kappa shape index (κ1) is 20.1. The molecule has 1 atom stereocenters. The summed E-state index contributed by atoms with van der Waals surface area (Å²) in [6.45, 7) is 3.22. The molecule has 2 fully saturated rings. The highest BCUT2D eigenvalue weighted by molar-refractivity contribution is 5.90. The fraction of sp³-hybridized carbons (Fsp3) is 0.450. The molecule has 2 N–H and O–H groups in total. The number of pyridine rings is 1. The molecule has 0 spiro atoms. The first-order chi connectivity index (χ1) is 14.5. The normalized spacial score (nSPS) is 19.9. The van der Waals surface area contributed by atoms with Crippen molar-refractivity contribution in [2.75, 3.05) is 24.6 Å². The zero-order chi connectivity index (χ0) is 21.3. The van der Waals surface area contributed by atoms with E-state index in [9.17, 15) is 14.0 Å². The number of hydrogen-bond acceptors (Lipinski definition) is 7. The molecule has 0 radical (unpaired) electrons. The molecule has 10 heteroatoms. The Hall–Kier alpha value is -3.14. The number of carbonyl (C=O) groups is 2. The number of primary amides is 1. The number of rotatable bonds is 4. The second kappa shape index (κ2) is 8.31. The van der Waals surface area contributed by atoms with E-state index in [1.165, 1.54) is 23.5 Å². The molecule has 2 aromatic heterocycles. The summed E-state index contributed by atoms with van der Waals surface area (Å²) >= 11 is 0.